The van der Waals surface area contributed by atoms with Crippen LogP contribution in [0.3, 0.4) is 0 Å². The van der Waals surface area contributed by atoms with Gasteiger partial charge < -0.3 is 16.0 Å². The van der Waals surface area contributed by atoms with E-state index in [0.717, 1.165) is 12.1 Å². The molecule has 0 spiro atoms. The number of amides is 2. The number of hydrogen-bond acceptors (Lipinski definition) is 3. The molecule has 3 N–H and O–H groups in total. The highest BCUT2D eigenvalue weighted by molar-refractivity contribution is 6.05. The van der Waals surface area contributed by atoms with Gasteiger partial charge in [0.15, 0.2) is 0 Å². The normalized spacial score (nSPS) is 11.6. The Balaban J connectivity index is 1.72. The first kappa shape index (κ1) is 22.2. The lowest BCUT2D eigenvalue weighted by Gasteiger charge is -2.15. The number of rotatable bonds is 8. The first-order valence-electron chi connectivity index (χ1n) is 10.2. The molecule has 5 nitrogen and oxygen atoms in total. The van der Waals surface area contributed by atoms with E-state index >= 15 is 0 Å². The summed E-state index contributed by atoms with van der Waals surface area (Å²) in [5, 5.41) is 8.70. The Morgan fingerprint density at radius 3 is 2.35 bits per heavy atom. The third kappa shape index (κ3) is 6.49. The molecular formula is C25H26FN3O2. The quantitative estimate of drug-likeness (QED) is 0.485. The van der Waals surface area contributed by atoms with Gasteiger partial charge in [0.05, 0.1) is 5.69 Å². The second-order valence-electron chi connectivity index (χ2n) is 7.48. The van der Waals surface area contributed by atoms with Crippen molar-refractivity contribution in [1.82, 2.24) is 5.32 Å². The van der Waals surface area contributed by atoms with Gasteiger partial charge in [0.2, 0.25) is 5.91 Å². The smallest absolute Gasteiger partial charge is 0.255 e. The van der Waals surface area contributed by atoms with Crippen LogP contribution in [0.5, 0.6) is 0 Å². The standard InChI is InChI=1S/C25H26FN3O2/c1-17(20-8-4-3-5-9-20)15-27-16-19-12-21(14-22(13-19)28-18(2)30)25(31)29-24-11-7-6-10-23(24)26/h3-14,17,27H,15-16H2,1-2H3,(H,28,30)(H,29,31). The van der Waals surface area contributed by atoms with Crippen molar-refractivity contribution in [2.45, 2.75) is 26.3 Å². The summed E-state index contributed by atoms with van der Waals surface area (Å²) in [6.07, 6.45) is 0. The van der Waals surface area contributed by atoms with Crippen LogP contribution >= 0.6 is 0 Å². The number of carbonyl (C=O) groups excluding carboxylic acids is 2. The number of nitrogens with one attached hydrogen (secondary N) is 3. The molecule has 0 aliphatic carbocycles. The number of anilines is 2. The SMILES string of the molecule is CC(=O)Nc1cc(CNCC(C)c2ccccc2)cc(C(=O)Nc2ccccc2F)c1. The monoisotopic (exact) mass is 419 g/mol. The zero-order valence-corrected chi connectivity index (χ0v) is 17.6. The molecule has 0 saturated carbocycles. The van der Waals surface area contributed by atoms with E-state index in [1.165, 1.54) is 24.6 Å². The largest absolute Gasteiger partial charge is 0.326 e. The van der Waals surface area contributed by atoms with Crippen molar-refractivity contribution >= 4 is 23.2 Å². The zero-order chi connectivity index (χ0) is 22.2. The lowest BCUT2D eigenvalue weighted by molar-refractivity contribution is -0.114. The first-order chi connectivity index (χ1) is 14.9. The minimum Gasteiger partial charge on any atom is -0.326 e. The van der Waals surface area contributed by atoms with Crippen LogP contribution in [-0.2, 0) is 11.3 Å². The van der Waals surface area contributed by atoms with Gasteiger partial charge in [-0.05, 0) is 47.4 Å². The summed E-state index contributed by atoms with van der Waals surface area (Å²) in [5.41, 5.74) is 3.04. The Morgan fingerprint density at radius 2 is 1.65 bits per heavy atom. The maximum absolute atomic E-state index is 13.9. The van der Waals surface area contributed by atoms with Crippen LogP contribution in [0, 0.1) is 5.82 Å². The molecule has 0 fully saturated rings. The second kappa shape index (κ2) is 10.5. The predicted molar refractivity (Wildman–Crippen MR) is 122 cm³/mol. The third-order valence-electron chi connectivity index (χ3n) is 4.85. The Morgan fingerprint density at radius 1 is 0.935 bits per heavy atom. The van der Waals surface area contributed by atoms with E-state index in [1.54, 1.807) is 24.3 Å². The molecule has 1 atom stereocenters. The maximum Gasteiger partial charge on any atom is 0.255 e. The topological polar surface area (TPSA) is 70.2 Å². The van der Waals surface area contributed by atoms with Gasteiger partial charge in [0.25, 0.3) is 5.91 Å². The zero-order valence-electron chi connectivity index (χ0n) is 17.6. The molecule has 0 radical (unpaired) electrons. The average molecular weight is 420 g/mol. The molecule has 3 rings (SSSR count). The van der Waals surface area contributed by atoms with Crippen LogP contribution < -0.4 is 16.0 Å². The Kier molecular flexibility index (Phi) is 7.51. The van der Waals surface area contributed by atoms with Crippen LogP contribution in [0.4, 0.5) is 15.8 Å². The average Bonchev–Trinajstić information content (AvgIpc) is 2.75. The third-order valence-corrected chi connectivity index (χ3v) is 4.85. The molecule has 0 bridgehead atoms. The molecule has 1 unspecified atom stereocenters. The van der Waals surface area contributed by atoms with Crippen molar-refractivity contribution in [2.75, 3.05) is 17.2 Å². The lowest BCUT2D eigenvalue weighted by atomic mass is 10.0. The van der Waals surface area contributed by atoms with Gasteiger partial charge in [-0.15, -0.1) is 0 Å². The summed E-state index contributed by atoms with van der Waals surface area (Å²) >= 11 is 0. The fraction of sp³-hybridized carbons (Fsp3) is 0.200. The highest BCUT2D eigenvalue weighted by atomic mass is 19.1. The summed E-state index contributed by atoms with van der Waals surface area (Å²) in [6, 6.07) is 21.3. The number of halogens is 1. The van der Waals surface area contributed by atoms with E-state index in [0.29, 0.717) is 23.7 Å². The van der Waals surface area contributed by atoms with E-state index in [4.69, 9.17) is 0 Å². The molecule has 160 valence electrons. The Labute approximate surface area is 181 Å². The minimum absolute atomic E-state index is 0.105. The van der Waals surface area contributed by atoms with E-state index in [-0.39, 0.29) is 11.6 Å². The number of para-hydroxylation sites is 1. The van der Waals surface area contributed by atoms with Gasteiger partial charge >= 0.3 is 0 Å². The van der Waals surface area contributed by atoms with E-state index in [9.17, 15) is 14.0 Å². The lowest BCUT2D eigenvalue weighted by Crippen LogP contribution is -2.20. The van der Waals surface area contributed by atoms with Crippen LogP contribution in [0.25, 0.3) is 0 Å². The van der Waals surface area contributed by atoms with Crippen molar-refractivity contribution in [3.05, 3.63) is 95.3 Å². The molecule has 2 amide bonds. The molecule has 6 heteroatoms. The molecule has 3 aromatic rings. The van der Waals surface area contributed by atoms with Gasteiger partial charge in [-0.2, -0.15) is 0 Å². The van der Waals surface area contributed by atoms with Gasteiger partial charge in [0, 0.05) is 31.3 Å². The highest BCUT2D eigenvalue weighted by Crippen LogP contribution is 2.19. The molecule has 0 heterocycles. The van der Waals surface area contributed by atoms with E-state index in [1.807, 2.05) is 24.3 Å². The van der Waals surface area contributed by atoms with Gasteiger partial charge in [-0.25, -0.2) is 4.39 Å². The highest BCUT2D eigenvalue weighted by Gasteiger charge is 2.12. The summed E-state index contributed by atoms with van der Waals surface area (Å²) in [7, 11) is 0. The summed E-state index contributed by atoms with van der Waals surface area (Å²) < 4.78 is 13.9. The van der Waals surface area contributed by atoms with Crippen molar-refractivity contribution in [2.24, 2.45) is 0 Å². The van der Waals surface area contributed by atoms with Gasteiger partial charge in [0.1, 0.15) is 5.82 Å². The molecule has 3 aromatic carbocycles. The number of carbonyl (C=O) groups is 2. The van der Waals surface area contributed by atoms with Crippen LogP contribution in [0.1, 0.15) is 41.3 Å². The molecule has 0 saturated heterocycles. The number of hydrogen-bond donors (Lipinski definition) is 3. The predicted octanol–water partition coefficient (Wildman–Crippen LogP) is 4.93. The van der Waals surface area contributed by atoms with E-state index < -0.39 is 11.7 Å². The molecule has 0 aliphatic rings. The Bertz CT molecular complexity index is 1050. The molecule has 0 aliphatic heterocycles. The molecule has 0 aromatic heterocycles. The fourth-order valence-electron chi connectivity index (χ4n) is 3.29. The van der Waals surface area contributed by atoms with Gasteiger partial charge in [-0.1, -0.05) is 49.4 Å². The van der Waals surface area contributed by atoms with Crippen molar-refractivity contribution in [3.8, 4) is 0 Å². The Hall–Kier alpha value is -3.51. The maximum atomic E-state index is 13.9. The van der Waals surface area contributed by atoms with Crippen molar-refractivity contribution in [3.63, 3.8) is 0 Å². The van der Waals surface area contributed by atoms with E-state index in [2.05, 4.69) is 35.0 Å². The summed E-state index contributed by atoms with van der Waals surface area (Å²) in [5.74, 6) is -0.867. The minimum atomic E-state index is -0.509. The second-order valence-corrected chi connectivity index (χ2v) is 7.48. The molecule has 31 heavy (non-hydrogen) atoms. The summed E-state index contributed by atoms with van der Waals surface area (Å²) in [6.45, 7) is 4.82. The van der Waals surface area contributed by atoms with Crippen LogP contribution in [0.2, 0.25) is 0 Å². The van der Waals surface area contributed by atoms with Crippen molar-refractivity contribution < 1.29 is 14.0 Å². The van der Waals surface area contributed by atoms with Crippen molar-refractivity contribution in [1.29, 1.82) is 0 Å². The fourth-order valence-corrected chi connectivity index (χ4v) is 3.29. The number of benzene rings is 3. The summed E-state index contributed by atoms with van der Waals surface area (Å²) in [4.78, 5) is 24.2. The van der Waals surface area contributed by atoms with Crippen LogP contribution in [-0.4, -0.2) is 18.4 Å². The van der Waals surface area contributed by atoms with Crippen LogP contribution in [0.15, 0.2) is 72.8 Å². The van der Waals surface area contributed by atoms with Gasteiger partial charge in [-0.3, -0.25) is 9.59 Å². The molecular weight excluding hydrogens is 393 g/mol. The first-order valence-corrected chi connectivity index (χ1v) is 10.2.